The molecule has 0 bridgehead atoms. The van der Waals surface area contributed by atoms with E-state index in [1.165, 1.54) is 0 Å². The molecule has 2 amide bonds. The Morgan fingerprint density at radius 3 is 2.67 bits per heavy atom. The van der Waals surface area contributed by atoms with Crippen LogP contribution in [0.3, 0.4) is 0 Å². The Labute approximate surface area is 163 Å². The van der Waals surface area contributed by atoms with Gasteiger partial charge < -0.3 is 25.0 Å². The van der Waals surface area contributed by atoms with E-state index in [9.17, 15) is 14.7 Å². The minimum absolute atomic E-state index is 0.0144. The summed E-state index contributed by atoms with van der Waals surface area (Å²) in [5.41, 5.74) is 0.0909. The number of nitrogens with one attached hydrogen (secondary N) is 2. The quantitative estimate of drug-likeness (QED) is 0.672. The molecule has 1 aromatic rings. The van der Waals surface area contributed by atoms with Crippen molar-refractivity contribution in [2.45, 2.75) is 31.7 Å². The molecule has 8 nitrogen and oxygen atoms in total. The number of halogens is 1. The largest absolute Gasteiger partial charge is 0.495 e. The molecule has 0 aliphatic carbocycles. The lowest BCUT2D eigenvalue weighted by atomic mass is 9.96. The minimum Gasteiger partial charge on any atom is -0.495 e. The highest BCUT2D eigenvalue weighted by molar-refractivity contribution is 6.32. The first-order valence-corrected chi connectivity index (χ1v) is 9.33. The average molecular weight is 397 g/mol. The van der Waals surface area contributed by atoms with Crippen molar-refractivity contribution in [1.29, 1.82) is 0 Å². The van der Waals surface area contributed by atoms with Gasteiger partial charge >= 0.3 is 0 Å². The third-order valence-corrected chi connectivity index (χ3v) is 5.51. The summed E-state index contributed by atoms with van der Waals surface area (Å²) in [4.78, 5) is 28.4. The fourth-order valence-corrected chi connectivity index (χ4v) is 3.64. The first kappa shape index (κ1) is 19.7. The second kappa shape index (κ2) is 7.92. The third-order valence-electron chi connectivity index (χ3n) is 5.20. The van der Waals surface area contributed by atoms with Gasteiger partial charge in [0.25, 0.3) is 0 Å². The van der Waals surface area contributed by atoms with Gasteiger partial charge in [0.1, 0.15) is 5.75 Å². The number of anilines is 1. The van der Waals surface area contributed by atoms with E-state index in [2.05, 4.69) is 15.5 Å². The van der Waals surface area contributed by atoms with Crippen LogP contribution >= 0.6 is 11.6 Å². The Balaban J connectivity index is 1.51. The molecule has 1 aromatic carbocycles. The number of piperazine rings is 1. The molecule has 2 aliphatic heterocycles. The van der Waals surface area contributed by atoms with E-state index in [1.807, 2.05) is 23.1 Å². The lowest BCUT2D eigenvalue weighted by molar-refractivity contribution is -0.132. The van der Waals surface area contributed by atoms with E-state index in [1.54, 1.807) is 14.0 Å². The number of rotatable bonds is 5. The molecule has 0 radical (unpaired) electrons. The summed E-state index contributed by atoms with van der Waals surface area (Å²) >= 11 is 6.07. The zero-order valence-corrected chi connectivity index (χ0v) is 16.3. The minimum atomic E-state index is -1.06. The Morgan fingerprint density at radius 1 is 1.37 bits per heavy atom. The second-order valence-electron chi connectivity index (χ2n) is 7.04. The average Bonchev–Trinajstić information content (AvgIpc) is 2.92. The fraction of sp³-hybridized carbons (Fsp3) is 0.556. The topological polar surface area (TPSA) is 94.1 Å². The Bertz CT molecular complexity index is 723. The second-order valence-corrected chi connectivity index (χ2v) is 7.45. The van der Waals surface area contributed by atoms with E-state index in [0.29, 0.717) is 43.4 Å². The number of methoxy groups -OCH3 is 1. The summed E-state index contributed by atoms with van der Waals surface area (Å²) in [5.74, 6) is 0.357. The van der Waals surface area contributed by atoms with Gasteiger partial charge in [-0.15, -0.1) is 0 Å². The van der Waals surface area contributed by atoms with Gasteiger partial charge in [-0.1, -0.05) is 11.6 Å². The van der Waals surface area contributed by atoms with Crippen LogP contribution in [-0.2, 0) is 9.59 Å². The number of aliphatic hydroxyl groups is 1. The molecule has 0 spiro atoms. The number of hydrogen-bond acceptors (Lipinski definition) is 6. The SMILES string of the molecule is COc1cc(N2CCN(C(=O)CCC3(C)NC(O)NC3=O)CC2)ccc1Cl. The van der Waals surface area contributed by atoms with Crippen molar-refractivity contribution in [3.05, 3.63) is 23.2 Å². The Morgan fingerprint density at radius 2 is 2.07 bits per heavy atom. The number of ether oxygens (including phenoxy) is 1. The van der Waals surface area contributed by atoms with Gasteiger partial charge in [0.15, 0.2) is 6.35 Å². The fourth-order valence-electron chi connectivity index (χ4n) is 3.45. The summed E-state index contributed by atoms with van der Waals surface area (Å²) < 4.78 is 5.26. The predicted octanol–water partition coefficient (Wildman–Crippen LogP) is 0.531. The number of benzene rings is 1. The van der Waals surface area contributed by atoms with E-state index in [-0.39, 0.29) is 18.2 Å². The number of hydrogen-bond donors (Lipinski definition) is 3. The highest BCUT2D eigenvalue weighted by atomic mass is 35.5. The van der Waals surface area contributed by atoms with Crippen LogP contribution in [0.1, 0.15) is 19.8 Å². The van der Waals surface area contributed by atoms with Crippen molar-refractivity contribution < 1.29 is 19.4 Å². The molecule has 2 atom stereocenters. The van der Waals surface area contributed by atoms with Crippen LogP contribution in [0.2, 0.25) is 5.02 Å². The van der Waals surface area contributed by atoms with Crippen LogP contribution in [0.4, 0.5) is 5.69 Å². The number of amides is 2. The van der Waals surface area contributed by atoms with Crippen molar-refractivity contribution >= 4 is 29.1 Å². The summed E-state index contributed by atoms with van der Waals surface area (Å²) in [7, 11) is 1.58. The van der Waals surface area contributed by atoms with Crippen LogP contribution < -0.4 is 20.3 Å². The van der Waals surface area contributed by atoms with E-state index < -0.39 is 11.9 Å². The van der Waals surface area contributed by atoms with Crippen LogP contribution in [0.5, 0.6) is 5.75 Å². The molecule has 2 aliphatic rings. The van der Waals surface area contributed by atoms with Crippen molar-refractivity contribution in [2.75, 3.05) is 38.2 Å². The summed E-state index contributed by atoms with van der Waals surface area (Å²) in [5, 5.41) is 15.2. The molecule has 2 fully saturated rings. The zero-order chi connectivity index (χ0) is 19.6. The maximum absolute atomic E-state index is 12.5. The lowest BCUT2D eigenvalue weighted by Crippen LogP contribution is -2.50. The standard InChI is InChI=1S/C18H25ClN4O4/c1-18(16(25)20-17(26)21-18)6-5-15(24)23-9-7-22(8-10-23)12-3-4-13(19)14(11-12)27-2/h3-4,11,17,21,26H,5-10H2,1-2H3,(H,20,25). The molecular formula is C18H25ClN4O4. The molecule has 2 unspecified atom stereocenters. The van der Waals surface area contributed by atoms with Crippen molar-refractivity contribution in [3.8, 4) is 5.75 Å². The smallest absolute Gasteiger partial charge is 0.243 e. The molecule has 3 N–H and O–H groups in total. The van der Waals surface area contributed by atoms with Gasteiger partial charge in [-0.3, -0.25) is 14.9 Å². The van der Waals surface area contributed by atoms with Gasteiger partial charge in [-0.05, 0) is 25.5 Å². The molecule has 9 heteroatoms. The van der Waals surface area contributed by atoms with Gasteiger partial charge in [0, 0.05) is 44.4 Å². The van der Waals surface area contributed by atoms with E-state index in [0.717, 1.165) is 5.69 Å². The Kier molecular flexibility index (Phi) is 5.78. The maximum atomic E-state index is 12.5. The Hall–Kier alpha value is -2.03. The third kappa shape index (κ3) is 4.28. The molecule has 0 aromatic heterocycles. The molecule has 148 valence electrons. The van der Waals surface area contributed by atoms with Crippen molar-refractivity contribution in [1.82, 2.24) is 15.5 Å². The predicted molar refractivity (Wildman–Crippen MR) is 102 cm³/mol. The number of aliphatic hydroxyl groups excluding tert-OH is 1. The maximum Gasteiger partial charge on any atom is 0.243 e. The van der Waals surface area contributed by atoms with Crippen LogP contribution in [-0.4, -0.2) is 67.0 Å². The van der Waals surface area contributed by atoms with Crippen molar-refractivity contribution in [2.24, 2.45) is 0 Å². The normalized spacial score (nSPS) is 25.5. The van der Waals surface area contributed by atoms with E-state index in [4.69, 9.17) is 16.3 Å². The van der Waals surface area contributed by atoms with Crippen LogP contribution in [0.15, 0.2) is 18.2 Å². The van der Waals surface area contributed by atoms with Crippen molar-refractivity contribution in [3.63, 3.8) is 0 Å². The van der Waals surface area contributed by atoms with Gasteiger partial charge in [0.05, 0.1) is 17.7 Å². The van der Waals surface area contributed by atoms with Gasteiger partial charge in [-0.2, -0.15) is 0 Å². The highest BCUT2D eigenvalue weighted by Gasteiger charge is 2.41. The molecule has 2 heterocycles. The first-order chi connectivity index (χ1) is 12.8. The summed E-state index contributed by atoms with van der Waals surface area (Å²) in [6.07, 6.45) is -0.473. The monoisotopic (exact) mass is 396 g/mol. The molecule has 2 saturated heterocycles. The van der Waals surface area contributed by atoms with Crippen LogP contribution in [0.25, 0.3) is 0 Å². The molecule has 0 saturated carbocycles. The van der Waals surface area contributed by atoms with Crippen LogP contribution in [0, 0.1) is 0 Å². The highest BCUT2D eigenvalue weighted by Crippen LogP contribution is 2.30. The first-order valence-electron chi connectivity index (χ1n) is 8.95. The van der Waals surface area contributed by atoms with E-state index >= 15 is 0 Å². The van der Waals surface area contributed by atoms with Gasteiger partial charge in [0.2, 0.25) is 11.8 Å². The number of nitrogens with zero attached hydrogens (tertiary/aromatic N) is 2. The number of carbonyl (C=O) groups excluding carboxylic acids is 2. The molecule has 27 heavy (non-hydrogen) atoms. The molecular weight excluding hydrogens is 372 g/mol. The summed E-state index contributed by atoms with van der Waals surface area (Å²) in [6, 6.07) is 5.65. The number of carbonyl (C=O) groups is 2. The summed E-state index contributed by atoms with van der Waals surface area (Å²) in [6.45, 7) is 4.35. The zero-order valence-electron chi connectivity index (χ0n) is 15.5. The lowest BCUT2D eigenvalue weighted by Gasteiger charge is -2.36. The van der Waals surface area contributed by atoms with Gasteiger partial charge in [-0.25, -0.2) is 0 Å². The molecule has 3 rings (SSSR count).